The van der Waals surface area contributed by atoms with Crippen LogP contribution < -0.4 is 0 Å². The predicted octanol–water partition coefficient (Wildman–Crippen LogP) is 6.04. The second kappa shape index (κ2) is 7.47. The molecule has 0 atom stereocenters. The van der Waals surface area contributed by atoms with Crippen molar-refractivity contribution in [3.8, 4) is 5.75 Å². The SMILES string of the molecule is Cc1cc(C=Cc2ccccc2)c(O)c(C=Cc2ccccc2)c1. The Balaban J connectivity index is 1.90. The van der Waals surface area contributed by atoms with Crippen molar-refractivity contribution in [3.05, 3.63) is 101 Å². The first-order valence-corrected chi connectivity index (χ1v) is 8.02. The molecule has 3 aromatic rings. The Morgan fingerprint density at radius 3 is 1.46 bits per heavy atom. The Labute approximate surface area is 143 Å². The zero-order valence-electron chi connectivity index (χ0n) is 13.7. The minimum atomic E-state index is 0.306. The summed E-state index contributed by atoms with van der Waals surface area (Å²) in [6.45, 7) is 2.04. The zero-order chi connectivity index (χ0) is 16.8. The summed E-state index contributed by atoms with van der Waals surface area (Å²) in [4.78, 5) is 0. The molecule has 1 nitrogen and oxygen atoms in total. The summed E-state index contributed by atoms with van der Waals surface area (Å²) < 4.78 is 0. The number of benzene rings is 3. The van der Waals surface area contributed by atoms with Crippen molar-refractivity contribution in [2.75, 3.05) is 0 Å². The highest BCUT2D eigenvalue weighted by molar-refractivity contribution is 5.79. The van der Waals surface area contributed by atoms with E-state index >= 15 is 0 Å². The van der Waals surface area contributed by atoms with Crippen LogP contribution in [0.15, 0.2) is 72.8 Å². The van der Waals surface area contributed by atoms with E-state index in [1.807, 2.05) is 104 Å². The Bertz CT molecular complexity index is 789. The molecule has 24 heavy (non-hydrogen) atoms. The lowest BCUT2D eigenvalue weighted by molar-refractivity contribution is 0.472. The highest BCUT2D eigenvalue weighted by Gasteiger charge is 2.04. The van der Waals surface area contributed by atoms with Crippen LogP contribution in [0.1, 0.15) is 27.8 Å². The molecule has 0 heterocycles. The molecule has 0 amide bonds. The maximum Gasteiger partial charge on any atom is 0.130 e. The van der Waals surface area contributed by atoms with Gasteiger partial charge in [0, 0.05) is 11.1 Å². The second-order valence-electron chi connectivity index (χ2n) is 5.78. The third-order valence-electron chi connectivity index (χ3n) is 3.82. The maximum absolute atomic E-state index is 10.6. The molecule has 0 bridgehead atoms. The quantitative estimate of drug-likeness (QED) is 0.582. The molecular weight excluding hydrogens is 292 g/mol. The molecular formula is C23H20O. The number of rotatable bonds is 4. The molecule has 0 aromatic heterocycles. The third kappa shape index (κ3) is 4.02. The van der Waals surface area contributed by atoms with Gasteiger partial charge in [0.1, 0.15) is 5.75 Å². The molecule has 3 aromatic carbocycles. The molecule has 0 saturated carbocycles. The van der Waals surface area contributed by atoms with Crippen LogP contribution in [0.3, 0.4) is 0 Å². The van der Waals surface area contributed by atoms with E-state index in [1.165, 1.54) is 0 Å². The molecule has 118 valence electrons. The van der Waals surface area contributed by atoms with Crippen LogP contribution in [0.5, 0.6) is 5.75 Å². The highest BCUT2D eigenvalue weighted by atomic mass is 16.3. The first-order chi connectivity index (χ1) is 11.7. The van der Waals surface area contributed by atoms with E-state index in [9.17, 15) is 5.11 Å². The van der Waals surface area contributed by atoms with Gasteiger partial charge in [0.15, 0.2) is 0 Å². The van der Waals surface area contributed by atoms with Gasteiger partial charge in [-0.1, -0.05) is 85.0 Å². The largest absolute Gasteiger partial charge is 0.507 e. The molecule has 0 unspecified atom stereocenters. The van der Waals surface area contributed by atoms with E-state index in [0.717, 1.165) is 27.8 Å². The van der Waals surface area contributed by atoms with Crippen molar-refractivity contribution in [2.45, 2.75) is 6.92 Å². The second-order valence-corrected chi connectivity index (χ2v) is 5.78. The van der Waals surface area contributed by atoms with Gasteiger partial charge >= 0.3 is 0 Å². The fraction of sp³-hybridized carbons (Fsp3) is 0.0435. The third-order valence-corrected chi connectivity index (χ3v) is 3.82. The van der Waals surface area contributed by atoms with Crippen molar-refractivity contribution in [3.63, 3.8) is 0 Å². The lowest BCUT2D eigenvalue weighted by Gasteiger charge is -2.06. The van der Waals surface area contributed by atoms with Crippen molar-refractivity contribution < 1.29 is 5.11 Å². The number of phenolic OH excluding ortho intramolecular Hbond substituents is 1. The summed E-state index contributed by atoms with van der Waals surface area (Å²) in [6.07, 6.45) is 7.94. The fourth-order valence-corrected chi connectivity index (χ4v) is 2.59. The van der Waals surface area contributed by atoms with Gasteiger partial charge in [-0.15, -0.1) is 0 Å². The van der Waals surface area contributed by atoms with Crippen LogP contribution in [-0.4, -0.2) is 5.11 Å². The van der Waals surface area contributed by atoms with Gasteiger partial charge in [-0.3, -0.25) is 0 Å². The van der Waals surface area contributed by atoms with Crippen molar-refractivity contribution in [1.29, 1.82) is 0 Å². The number of hydrogen-bond acceptors (Lipinski definition) is 1. The molecule has 1 N–H and O–H groups in total. The van der Waals surface area contributed by atoms with Crippen LogP contribution in [0, 0.1) is 6.92 Å². The van der Waals surface area contributed by atoms with Crippen molar-refractivity contribution in [1.82, 2.24) is 0 Å². The van der Waals surface area contributed by atoms with E-state index < -0.39 is 0 Å². The number of aromatic hydroxyl groups is 1. The van der Waals surface area contributed by atoms with Gasteiger partial charge in [0.25, 0.3) is 0 Å². The van der Waals surface area contributed by atoms with Gasteiger partial charge in [0.05, 0.1) is 0 Å². The lowest BCUT2D eigenvalue weighted by atomic mass is 10.0. The van der Waals surface area contributed by atoms with Crippen molar-refractivity contribution in [2.24, 2.45) is 0 Å². The normalized spacial score (nSPS) is 11.4. The fourth-order valence-electron chi connectivity index (χ4n) is 2.59. The van der Waals surface area contributed by atoms with E-state index in [-0.39, 0.29) is 0 Å². The standard InChI is InChI=1S/C23H20O/c1-18-16-21(14-12-19-8-4-2-5-9-19)23(24)22(17-18)15-13-20-10-6-3-7-11-20/h2-17,24H,1H3. The van der Waals surface area contributed by atoms with E-state index in [0.29, 0.717) is 5.75 Å². The summed E-state index contributed by atoms with van der Waals surface area (Å²) in [5, 5.41) is 10.6. The lowest BCUT2D eigenvalue weighted by Crippen LogP contribution is -1.84. The molecule has 0 radical (unpaired) electrons. The topological polar surface area (TPSA) is 20.2 Å². The van der Waals surface area contributed by atoms with Crippen LogP contribution in [-0.2, 0) is 0 Å². The Morgan fingerprint density at radius 1 is 0.625 bits per heavy atom. The molecule has 0 spiro atoms. The summed E-state index contributed by atoms with van der Waals surface area (Å²) in [5.74, 6) is 0.306. The average molecular weight is 312 g/mol. The zero-order valence-corrected chi connectivity index (χ0v) is 13.7. The summed E-state index contributed by atoms with van der Waals surface area (Å²) in [7, 11) is 0. The van der Waals surface area contributed by atoms with Gasteiger partial charge in [-0.05, 0) is 35.7 Å². The van der Waals surface area contributed by atoms with Crippen LogP contribution >= 0.6 is 0 Å². The number of phenols is 1. The molecule has 0 aliphatic heterocycles. The first-order valence-electron chi connectivity index (χ1n) is 8.02. The Morgan fingerprint density at radius 2 is 1.04 bits per heavy atom. The minimum absolute atomic E-state index is 0.306. The number of aryl methyl sites for hydroxylation is 1. The van der Waals surface area contributed by atoms with E-state index in [1.54, 1.807) is 0 Å². The smallest absolute Gasteiger partial charge is 0.130 e. The van der Waals surface area contributed by atoms with Crippen LogP contribution in [0.4, 0.5) is 0 Å². The summed E-state index contributed by atoms with van der Waals surface area (Å²) >= 11 is 0. The molecule has 0 aliphatic rings. The van der Waals surface area contributed by atoms with Gasteiger partial charge < -0.3 is 5.11 Å². The molecule has 0 aliphatic carbocycles. The maximum atomic E-state index is 10.6. The number of hydrogen-bond donors (Lipinski definition) is 1. The Hall–Kier alpha value is -3.06. The molecule has 0 fully saturated rings. The highest BCUT2D eigenvalue weighted by Crippen LogP contribution is 2.28. The predicted molar refractivity (Wildman–Crippen MR) is 104 cm³/mol. The Kier molecular flexibility index (Phi) is 4.93. The molecule has 0 saturated heterocycles. The summed E-state index contributed by atoms with van der Waals surface area (Å²) in [6, 6.07) is 24.2. The van der Waals surface area contributed by atoms with Gasteiger partial charge in [0.2, 0.25) is 0 Å². The van der Waals surface area contributed by atoms with E-state index in [4.69, 9.17) is 0 Å². The average Bonchev–Trinajstić information content (AvgIpc) is 2.62. The van der Waals surface area contributed by atoms with Crippen molar-refractivity contribution >= 4 is 24.3 Å². The molecule has 3 rings (SSSR count). The first kappa shape index (κ1) is 15.8. The van der Waals surface area contributed by atoms with Crippen LogP contribution in [0.2, 0.25) is 0 Å². The summed E-state index contributed by atoms with van der Waals surface area (Å²) in [5.41, 5.74) is 4.99. The van der Waals surface area contributed by atoms with Gasteiger partial charge in [-0.2, -0.15) is 0 Å². The molecule has 1 heteroatoms. The van der Waals surface area contributed by atoms with E-state index in [2.05, 4.69) is 0 Å². The minimum Gasteiger partial charge on any atom is -0.507 e. The van der Waals surface area contributed by atoms with Crippen LogP contribution in [0.25, 0.3) is 24.3 Å². The van der Waals surface area contributed by atoms with Gasteiger partial charge in [-0.25, -0.2) is 0 Å². The monoisotopic (exact) mass is 312 g/mol.